The van der Waals surface area contributed by atoms with Gasteiger partial charge in [-0.2, -0.15) is 18.6 Å². The fourth-order valence-electron chi connectivity index (χ4n) is 3.85. The number of halogens is 2. The van der Waals surface area contributed by atoms with Gasteiger partial charge in [0.15, 0.2) is 0 Å². The van der Waals surface area contributed by atoms with Crippen LogP contribution in [0.25, 0.3) is 0 Å². The lowest BCUT2D eigenvalue weighted by molar-refractivity contribution is -0.148. The lowest BCUT2D eigenvalue weighted by atomic mass is 10.1. The van der Waals surface area contributed by atoms with Crippen LogP contribution in [0.2, 0.25) is 0 Å². The van der Waals surface area contributed by atoms with Crippen LogP contribution in [0.5, 0.6) is 5.75 Å². The summed E-state index contributed by atoms with van der Waals surface area (Å²) in [7, 11) is -3.02. The van der Waals surface area contributed by atoms with Gasteiger partial charge in [-0.1, -0.05) is 0 Å². The van der Waals surface area contributed by atoms with Crippen molar-refractivity contribution < 1.29 is 36.2 Å². The second-order valence-corrected chi connectivity index (χ2v) is 11.4. The molecule has 0 bridgehead atoms. The van der Waals surface area contributed by atoms with Crippen LogP contribution in [0, 0.1) is 6.92 Å². The van der Waals surface area contributed by atoms with Crippen LogP contribution < -0.4 is 20.1 Å². The number of ether oxygens (including phenoxy) is 2. The predicted octanol–water partition coefficient (Wildman–Crippen LogP) is 1.98. The third kappa shape index (κ3) is 5.81. The summed E-state index contributed by atoms with van der Waals surface area (Å²) >= 11 is 0. The first-order valence-electron chi connectivity index (χ1n) is 11.5. The Kier molecular flexibility index (Phi) is 7.24. The highest BCUT2D eigenvalue weighted by Gasteiger charge is 2.38. The summed E-state index contributed by atoms with van der Waals surface area (Å²) in [5.41, 5.74) is -0.400. The zero-order valence-corrected chi connectivity index (χ0v) is 22.1. The van der Waals surface area contributed by atoms with Gasteiger partial charge in [-0.15, -0.1) is 5.10 Å². The predicted molar refractivity (Wildman–Crippen MR) is 130 cm³/mol. The third-order valence-electron chi connectivity index (χ3n) is 5.42. The Morgan fingerprint density at radius 1 is 1.29 bits per heavy atom. The summed E-state index contributed by atoms with van der Waals surface area (Å²) in [5.74, 6) is -0.507. The van der Waals surface area contributed by atoms with Gasteiger partial charge in [0.1, 0.15) is 16.7 Å². The van der Waals surface area contributed by atoms with Crippen molar-refractivity contribution in [2.75, 3.05) is 16.2 Å². The molecule has 1 unspecified atom stereocenters. The van der Waals surface area contributed by atoms with Crippen LogP contribution in [-0.4, -0.2) is 57.7 Å². The highest BCUT2D eigenvalue weighted by atomic mass is 32.2. The highest BCUT2D eigenvalue weighted by Crippen LogP contribution is 2.40. The van der Waals surface area contributed by atoms with Crippen molar-refractivity contribution in [3.05, 3.63) is 46.5 Å². The molecule has 13 nitrogen and oxygen atoms in total. The zero-order chi connectivity index (χ0) is 28.0. The van der Waals surface area contributed by atoms with Gasteiger partial charge in [0.25, 0.3) is 10.0 Å². The van der Waals surface area contributed by atoms with Crippen LogP contribution in [0.15, 0.2) is 38.5 Å². The second kappa shape index (κ2) is 9.99. The molecule has 1 aromatic carbocycles. The van der Waals surface area contributed by atoms with E-state index in [-0.39, 0.29) is 40.7 Å². The fourth-order valence-corrected chi connectivity index (χ4v) is 5.51. The number of fused-ring (bicyclic) bond motifs is 1. The molecule has 208 valence electrons. The number of aliphatic hydroxyl groups is 1. The quantitative estimate of drug-likeness (QED) is 0.392. The molecule has 2 N–H and O–H groups in total. The Morgan fingerprint density at radius 3 is 2.58 bits per heavy atom. The van der Waals surface area contributed by atoms with Crippen LogP contribution in [-0.2, 0) is 28.2 Å². The number of nitrogens with zero attached hydrogens (tertiary/aromatic N) is 5. The number of hydrogen-bond acceptors (Lipinski definition) is 10. The van der Waals surface area contributed by atoms with E-state index in [0.717, 1.165) is 15.2 Å². The minimum atomic E-state index is -4.42. The number of alkyl halides is 2. The smallest absolute Gasteiger partial charge is 0.436 e. The summed E-state index contributed by atoms with van der Waals surface area (Å²) in [6, 6.07) is 4.45. The van der Waals surface area contributed by atoms with E-state index < -0.39 is 45.3 Å². The zero-order valence-electron chi connectivity index (χ0n) is 21.3. The summed E-state index contributed by atoms with van der Waals surface area (Å²) in [6.45, 7) is 3.26. The molecule has 3 heterocycles. The van der Waals surface area contributed by atoms with E-state index >= 15 is 0 Å². The minimum Gasteiger partial charge on any atom is -0.486 e. The number of anilines is 2. The molecule has 0 amide bonds. The van der Waals surface area contributed by atoms with Crippen LogP contribution in [0.3, 0.4) is 0 Å². The van der Waals surface area contributed by atoms with Crippen LogP contribution >= 0.6 is 0 Å². The van der Waals surface area contributed by atoms with E-state index in [9.17, 15) is 27.1 Å². The number of aliphatic hydroxyl groups excluding tert-OH is 1. The molecule has 1 aliphatic rings. The molecule has 0 radical (unpaired) electrons. The number of sulfonamides is 1. The van der Waals surface area contributed by atoms with E-state index in [1.54, 1.807) is 26.8 Å². The van der Waals surface area contributed by atoms with Gasteiger partial charge in [0.2, 0.25) is 12.3 Å². The van der Waals surface area contributed by atoms with Crippen molar-refractivity contribution in [1.82, 2.24) is 19.6 Å². The maximum absolute atomic E-state index is 13.8. The van der Waals surface area contributed by atoms with Crippen molar-refractivity contribution in [3.8, 4) is 5.75 Å². The van der Waals surface area contributed by atoms with Gasteiger partial charge in [0.05, 0.1) is 36.1 Å². The Bertz CT molecular complexity index is 1480. The molecule has 4 rings (SSSR count). The molecule has 1 aliphatic heterocycles. The van der Waals surface area contributed by atoms with E-state index in [1.165, 1.54) is 26.1 Å². The molecule has 38 heavy (non-hydrogen) atoms. The first-order valence-corrected chi connectivity index (χ1v) is 12.9. The Hall–Kier alpha value is -3.50. The topological polar surface area (TPSA) is 154 Å². The SMILES string of the molecule is Cc1nn(C(F)F)cc1S(=O)(=O)N1C[C@H](Cc2nn(C)c(=O)o2)Oc2ccc(NC(O)OC(C)(C)C)cc21. The van der Waals surface area contributed by atoms with E-state index in [1.807, 2.05) is 0 Å². The number of aromatic nitrogens is 4. The molecule has 16 heteroatoms. The molecule has 0 fully saturated rings. The van der Waals surface area contributed by atoms with Gasteiger partial charge in [-0.25, -0.2) is 17.9 Å². The molecule has 0 aliphatic carbocycles. The fraction of sp³-hybridized carbons (Fsp3) is 0.500. The molecule has 0 spiro atoms. The number of benzene rings is 1. The number of hydrogen-bond donors (Lipinski definition) is 2. The first kappa shape index (κ1) is 27.5. The number of rotatable bonds is 8. The summed E-state index contributed by atoms with van der Waals surface area (Å²) in [5, 5.41) is 20.6. The maximum atomic E-state index is 13.8. The monoisotopic (exact) mass is 558 g/mol. The molecular formula is C22H28F2N6O7S. The average Bonchev–Trinajstić information content (AvgIpc) is 3.34. The summed E-state index contributed by atoms with van der Waals surface area (Å²) in [6.07, 6.45) is -1.53. The van der Waals surface area contributed by atoms with Gasteiger partial charge >= 0.3 is 12.3 Å². The largest absolute Gasteiger partial charge is 0.486 e. The van der Waals surface area contributed by atoms with Crippen LogP contribution in [0.4, 0.5) is 20.2 Å². The third-order valence-corrected chi connectivity index (χ3v) is 7.30. The highest BCUT2D eigenvalue weighted by molar-refractivity contribution is 7.92. The number of aryl methyl sites for hydroxylation is 2. The molecular weight excluding hydrogens is 530 g/mol. The van der Waals surface area contributed by atoms with Crippen molar-refractivity contribution in [2.24, 2.45) is 7.05 Å². The summed E-state index contributed by atoms with van der Waals surface area (Å²) in [4.78, 5) is 11.3. The van der Waals surface area contributed by atoms with Crippen molar-refractivity contribution in [1.29, 1.82) is 0 Å². The van der Waals surface area contributed by atoms with Crippen molar-refractivity contribution >= 4 is 21.4 Å². The normalized spacial score (nSPS) is 16.9. The van der Waals surface area contributed by atoms with Gasteiger partial charge < -0.3 is 24.3 Å². The molecule has 0 saturated carbocycles. The van der Waals surface area contributed by atoms with Gasteiger partial charge in [-0.05, 0) is 45.9 Å². The van der Waals surface area contributed by atoms with Crippen molar-refractivity contribution in [2.45, 2.75) is 63.7 Å². The van der Waals surface area contributed by atoms with E-state index in [2.05, 4.69) is 15.5 Å². The van der Waals surface area contributed by atoms with Gasteiger partial charge in [0, 0.05) is 12.7 Å². The summed E-state index contributed by atoms with van der Waals surface area (Å²) < 4.78 is 72.8. The lowest BCUT2D eigenvalue weighted by Gasteiger charge is -2.35. The molecule has 0 saturated heterocycles. The van der Waals surface area contributed by atoms with Gasteiger partial charge in [-0.3, -0.25) is 4.31 Å². The Balaban J connectivity index is 1.73. The van der Waals surface area contributed by atoms with E-state index in [4.69, 9.17) is 13.9 Å². The second-order valence-electron chi connectivity index (χ2n) is 9.61. The molecule has 2 aromatic heterocycles. The van der Waals surface area contributed by atoms with Crippen molar-refractivity contribution in [3.63, 3.8) is 0 Å². The minimum absolute atomic E-state index is 0.0331. The maximum Gasteiger partial charge on any atom is 0.436 e. The molecule has 2 atom stereocenters. The molecule has 3 aromatic rings. The van der Waals surface area contributed by atoms with E-state index in [0.29, 0.717) is 5.69 Å². The van der Waals surface area contributed by atoms with Crippen LogP contribution in [0.1, 0.15) is 38.9 Å². The Morgan fingerprint density at radius 2 is 2.00 bits per heavy atom. The lowest BCUT2D eigenvalue weighted by Crippen LogP contribution is -2.44. The standard InChI is InChI=1S/C22H28F2N6O7S/c1-12-17(11-29(26-12)19(23)24)38(33,34)30-10-14(9-18-27-28(5)21(32)36-18)35-16-7-6-13(8-15(16)30)25-20(31)37-22(2,3)4/h6-8,11,14,19-20,25,31H,9-10H2,1-5H3/t14-,20?/m0/s1. The number of nitrogens with one attached hydrogen (secondary N) is 1. The first-order chi connectivity index (χ1) is 17.6. The average molecular weight is 559 g/mol. The Labute approximate surface area is 216 Å².